The molecule has 6 heteroatoms. The molecule has 1 heterocycles. The van der Waals surface area contributed by atoms with Crippen LogP contribution in [-0.4, -0.2) is 22.2 Å². The van der Waals surface area contributed by atoms with Gasteiger partial charge in [-0.05, 0) is 25.2 Å². The van der Waals surface area contributed by atoms with Crippen LogP contribution in [0.15, 0.2) is 9.59 Å². The molecular weight excluding hydrogens is 292 g/mol. The second kappa shape index (κ2) is 7.49. The number of aromatic nitrogens is 2. The molecule has 0 spiro atoms. The molecule has 0 atom stereocenters. The highest BCUT2D eigenvalue weighted by Gasteiger charge is 2.23. The SMILES string of the molecule is CCCN(CC1CCCCC1)c1c(C#N)c(=O)n(C)c(=O)n1C. The van der Waals surface area contributed by atoms with E-state index in [0.717, 1.165) is 24.1 Å². The Morgan fingerprint density at radius 3 is 2.39 bits per heavy atom. The largest absolute Gasteiger partial charge is 0.356 e. The molecule has 0 saturated heterocycles. The average molecular weight is 318 g/mol. The Morgan fingerprint density at radius 1 is 1.17 bits per heavy atom. The van der Waals surface area contributed by atoms with E-state index in [2.05, 4.69) is 11.8 Å². The lowest BCUT2D eigenvalue weighted by Crippen LogP contribution is -2.44. The zero-order valence-electron chi connectivity index (χ0n) is 14.3. The number of rotatable bonds is 5. The van der Waals surface area contributed by atoms with Crippen LogP contribution in [0.4, 0.5) is 5.82 Å². The smallest absolute Gasteiger partial charge is 0.332 e. The summed E-state index contributed by atoms with van der Waals surface area (Å²) in [6, 6.07) is 2.01. The van der Waals surface area contributed by atoms with Crippen LogP contribution in [0.3, 0.4) is 0 Å². The lowest BCUT2D eigenvalue weighted by Gasteiger charge is -2.32. The van der Waals surface area contributed by atoms with Crippen molar-refractivity contribution in [1.29, 1.82) is 5.26 Å². The first-order valence-corrected chi connectivity index (χ1v) is 8.46. The maximum absolute atomic E-state index is 12.3. The summed E-state index contributed by atoms with van der Waals surface area (Å²) in [6.07, 6.45) is 7.04. The van der Waals surface area contributed by atoms with Gasteiger partial charge in [0.05, 0.1) is 0 Å². The second-order valence-electron chi connectivity index (χ2n) is 6.47. The highest BCUT2D eigenvalue weighted by Crippen LogP contribution is 2.26. The quantitative estimate of drug-likeness (QED) is 0.829. The third kappa shape index (κ3) is 3.49. The first-order chi connectivity index (χ1) is 11.0. The third-order valence-electron chi connectivity index (χ3n) is 4.74. The molecule has 2 rings (SSSR count). The molecule has 0 unspecified atom stereocenters. The maximum Gasteiger partial charge on any atom is 0.332 e. The highest BCUT2D eigenvalue weighted by molar-refractivity contribution is 5.53. The fourth-order valence-corrected chi connectivity index (χ4v) is 3.54. The minimum Gasteiger partial charge on any atom is -0.356 e. The van der Waals surface area contributed by atoms with Crippen LogP contribution >= 0.6 is 0 Å². The van der Waals surface area contributed by atoms with Crippen molar-refractivity contribution in [2.75, 3.05) is 18.0 Å². The molecule has 23 heavy (non-hydrogen) atoms. The number of anilines is 1. The minimum absolute atomic E-state index is 0.0684. The van der Waals surface area contributed by atoms with Gasteiger partial charge in [0.15, 0.2) is 5.56 Å². The van der Waals surface area contributed by atoms with Crippen molar-refractivity contribution in [2.45, 2.75) is 45.4 Å². The minimum atomic E-state index is -0.504. The Kier molecular flexibility index (Phi) is 5.64. The molecule has 1 aliphatic carbocycles. The first-order valence-electron chi connectivity index (χ1n) is 8.46. The van der Waals surface area contributed by atoms with E-state index in [1.54, 1.807) is 7.05 Å². The van der Waals surface area contributed by atoms with E-state index < -0.39 is 5.56 Å². The van der Waals surface area contributed by atoms with Crippen LogP contribution in [0.5, 0.6) is 0 Å². The summed E-state index contributed by atoms with van der Waals surface area (Å²) >= 11 is 0. The van der Waals surface area contributed by atoms with E-state index in [-0.39, 0.29) is 11.3 Å². The molecule has 0 N–H and O–H groups in total. The zero-order valence-corrected chi connectivity index (χ0v) is 14.3. The van der Waals surface area contributed by atoms with Crippen LogP contribution in [0.1, 0.15) is 51.0 Å². The molecule has 6 nitrogen and oxygen atoms in total. The van der Waals surface area contributed by atoms with Gasteiger partial charge in [-0.2, -0.15) is 5.26 Å². The molecule has 0 aliphatic heterocycles. The van der Waals surface area contributed by atoms with E-state index in [4.69, 9.17) is 0 Å². The van der Waals surface area contributed by atoms with Crippen LogP contribution in [-0.2, 0) is 14.1 Å². The van der Waals surface area contributed by atoms with Gasteiger partial charge in [-0.1, -0.05) is 26.2 Å². The molecule has 0 bridgehead atoms. The highest BCUT2D eigenvalue weighted by atomic mass is 16.2. The van der Waals surface area contributed by atoms with Gasteiger partial charge in [-0.25, -0.2) is 4.79 Å². The van der Waals surface area contributed by atoms with Gasteiger partial charge >= 0.3 is 5.69 Å². The van der Waals surface area contributed by atoms with Gasteiger partial charge in [0.25, 0.3) is 5.56 Å². The van der Waals surface area contributed by atoms with Gasteiger partial charge in [0.2, 0.25) is 0 Å². The van der Waals surface area contributed by atoms with Crippen molar-refractivity contribution in [2.24, 2.45) is 20.0 Å². The van der Waals surface area contributed by atoms with Crippen molar-refractivity contribution in [1.82, 2.24) is 9.13 Å². The molecular formula is C17H26N4O2. The van der Waals surface area contributed by atoms with Crippen LogP contribution in [0, 0.1) is 17.2 Å². The third-order valence-corrected chi connectivity index (χ3v) is 4.74. The van der Waals surface area contributed by atoms with Gasteiger partial charge in [-0.15, -0.1) is 0 Å². The fraction of sp³-hybridized carbons (Fsp3) is 0.706. The number of hydrogen-bond acceptors (Lipinski definition) is 4. The first kappa shape index (κ1) is 17.3. The van der Waals surface area contributed by atoms with Crippen molar-refractivity contribution in [3.05, 3.63) is 26.4 Å². The van der Waals surface area contributed by atoms with Gasteiger partial charge < -0.3 is 4.90 Å². The molecule has 0 aromatic carbocycles. The van der Waals surface area contributed by atoms with E-state index >= 15 is 0 Å². The fourth-order valence-electron chi connectivity index (χ4n) is 3.54. The van der Waals surface area contributed by atoms with Crippen molar-refractivity contribution in [3.63, 3.8) is 0 Å². The summed E-state index contributed by atoms with van der Waals surface area (Å²) in [4.78, 5) is 26.6. The molecule has 1 aliphatic rings. The van der Waals surface area contributed by atoms with E-state index in [1.165, 1.54) is 43.7 Å². The Balaban J connectivity index is 2.48. The molecule has 126 valence electrons. The van der Waals surface area contributed by atoms with Crippen molar-refractivity contribution in [3.8, 4) is 6.07 Å². The van der Waals surface area contributed by atoms with E-state index in [1.807, 2.05) is 6.07 Å². The predicted molar refractivity (Wildman–Crippen MR) is 90.7 cm³/mol. The molecule has 0 radical (unpaired) electrons. The Bertz CT molecular complexity index is 705. The summed E-state index contributed by atoms with van der Waals surface area (Å²) in [7, 11) is 3.06. The molecule has 0 amide bonds. The average Bonchev–Trinajstić information content (AvgIpc) is 2.56. The summed E-state index contributed by atoms with van der Waals surface area (Å²) in [5.74, 6) is 1.05. The summed E-state index contributed by atoms with van der Waals surface area (Å²) in [6.45, 7) is 3.62. The Labute approximate surface area is 137 Å². The number of hydrogen-bond donors (Lipinski definition) is 0. The molecule has 1 aromatic rings. The summed E-state index contributed by atoms with van der Waals surface area (Å²) in [5.41, 5.74) is -0.817. The van der Waals surface area contributed by atoms with Crippen LogP contribution < -0.4 is 16.1 Å². The number of nitrogens with zero attached hydrogens (tertiary/aromatic N) is 4. The zero-order chi connectivity index (χ0) is 17.0. The lowest BCUT2D eigenvalue weighted by molar-refractivity contribution is 0.356. The Morgan fingerprint density at radius 2 is 1.83 bits per heavy atom. The molecule has 1 saturated carbocycles. The number of nitriles is 1. The van der Waals surface area contributed by atoms with Gasteiger partial charge in [0, 0.05) is 27.2 Å². The maximum atomic E-state index is 12.3. The van der Waals surface area contributed by atoms with Crippen LogP contribution in [0.25, 0.3) is 0 Å². The van der Waals surface area contributed by atoms with E-state index in [9.17, 15) is 14.9 Å². The Hall–Kier alpha value is -2.03. The van der Waals surface area contributed by atoms with Gasteiger partial charge in [-0.3, -0.25) is 13.9 Å². The topological polar surface area (TPSA) is 71.0 Å². The van der Waals surface area contributed by atoms with Crippen molar-refractivity contribution < 1.29 is 0 Å². The lowest BCUT2D eigenvalue weighted by atomic mass is 9.89. The summed E-state index contributed by atoms with van der Waals surface area (Å²) in [5, 5.41) is 9.46. The van der Waals surface area contributed by atoms with Gasteiger partial charge in [0.1, 0.15) is 11.9 Å². The molecule has 1 fully saturated rings. The monoisotopic (exact) mass is 318 g/mol. The normalized spacial score (nSPS) is 15.4. The second-order valence-corrected chi connectivity index (χ2v) is 6.47. The van der Waals surface area contributed by atoms with E-state index in [0.29, 0.717) is 11.7 Å². The van der Waals surface area contributed by atoms with Crippen LogP contribution in [0.2, 0.25) is 0 Å². The molecule has 1 aromatic heterocycles. The van der Waals surface area contributed by atoms with Crippen molar-refractivity contribution >= 4 is 5.82 Å². The summed E-state index contributed by atoms with van der Waals surface area (Å²) < 4.78 is 2.45. The standard InChI is InChI=1S/C17H26N4O2/c1-4-10-21(12-13-8-6-5-7-9-13)15-14(11-18)16(22)20(3)17(23)19(15)2/h13H,4-10,12H2,1-3H3. The predicted octanol–water partition coefficient (Wildman–Crippen LogP) is 1.75.